The second-order valence-electron chi connectivity index (χ2n) is 4.29. The molecule has 2 rings (SSSR count). The third-order valence-electron chi connectivity index (χ3n) is 2.95. The van der Waals surface area contributed by atoms with Gasteiger partial charge in [0, 0.05) is 23.3 Å². The molecule has 0 aliphatic heterocycles. The van der Waals surface area contributed by atoms with E-state index in [1.54, 1.807) is 42.6 Å². The van der Waals surface area contributed by atoms with Gasteiger partial charge in [-0.1, -0.05) is 19.1 Å². The van der Waals surface area contributed by atoms with Crippen LogP contribution in [0.15, 0.2) is 41.3 Å². The standard InChI is InChI=1S/C14H18N2O2S2/c1-3-11-8-9-12(19-11)10-16-20(17,18)14-7-5-4-6-13(14)15-2/h4-9,15-16H,3,10H2,1-2H3. The van der Waals surface area contributed by atoms with Crippen LogP contribution in [0.5, 0.6) is 0 Å². The first-order valence-corrected chi connectivity index (χ1v) is 8.71. The van der Waals surface area contributed by atoms with Crippen LogP contribution in [0.25, 0.3) is 0 Å². The van der Waals surface area contributed by atoms with Crippen molar-refractivity contribution < 1.29 is 8.42 Å². The number of hydrogen-bond donors (Lipinski definition) is 2. The summed E-state index contributed by atoms with van der Waals surface area (Å²) in [5.74, 6) is 0. The number of hydrogen-bond acceptors (Lipinski definition) is 4. The molecular formula is C14H18N2O2S2. The van der Waals surface area contributed by atoms with Gasteiger partial charge in [-0.2, -0.15) is 0 Å². The fourth-order valence-corrected chi connectivity index (χ4v) is 4.07. The van der Waals surface area contributed by atoms with E-state index in [0.717, 1.165) is 11.3 Å². The van der Waals surface area contributed by atoms with Crippen molar-refractivity contribution in [3.8, 4) is 0 Å². The molecule has 0 spiro atoms. The van der Waals surface area contributed by atoms with Crippen LogP contribution in [-0.4, -0.2) is 15.5 Å². The van der Waals surface area contributed by atoms with E-state index in [-0.39, 0.29) is 4.90 Å². The van der Waals surface area contributed by atoms with Crippen molar-refractivity contribution in [2.75, 3.05) is 12.4 Å². The minimum absolute atomic E-state index is 0.273. The second kappa shape index (κ2) is 6.39. The summed E-state index contributed by atoms with van der Waals surface area (Å²) in [5, 5.41) is 2.90. The first-order chi connectivity index (χ1) is 9.56. The number of para-hydroxylation sites is 1. The van der Waals surface area contributed by atoms with E-state index in [2.05, 4.69) is 17.0 Å². The Kier molecular flexibility index (Phi) is 4.80. The largest absolute Gasteiger partial charge is 0.387 e. The highest BCUT2D eigenvalue weighted by Gasteiger charge is 2.17. The lowest BCUT2D eigenvalue weighted by atomic mass is 10.3. The first kappa shape index (κ1) is 15.0. The molecular weight excluding hydrogens is 292 g/mol. The zero-order valence-corrected chi connectivity index (χ0v) is 13.1. The van der Waals surface area contributed by atoms with Gasteiger partial charge in [-0.05, 0) is 30.7 Å². The van der Waals surface area contributed by atoms with Crippen molar-refractivity contribution in [3.63, 3.8) is 0 Å². The number of aryl methyl sites for hydroxylation is 1. The molecule has 4 nitrogen and oxygen atoms in total. The molecule has 0 saturated carbocycles. The van der Waals surface area contributed by atoms with E-state index in [0.29, 0.717) is 12.2 Å². The van der Waals surface area contributed by atoms with Crippen LogP contribution in [0.2, 0.25) is 0 Å². The Morgan fingerprint density at radius 2 is 1.80 bits per heavy atom. The average Bonchev–Trinajstić information content (AvgIpc) is 2.93. The lowest BCUT2D eigenvalue weighted by Gasteiger charge is -2.10. The van der Waals surface area contributed by atoms with Gasteiger partial charge in [-0.25, -0.2) is 13.1 Å². The van der Waals surface area contributed by atoms with Crippen LogP contribution in [-0.2, 0) is 23.0 Å². The fraction of sp³-hybridized carbons (Fsp3) is 0.286. The van der Waals surface area contributed by atoms with Gasteiger partial charge in [-0.3, -0.25) is 0 Å². The van der Waals surface area contributed by atoms with Gasteiger partial charge >= 0.3 is 0 Å². The first-order valence-electron chi connectivity index (χ1n) is 6.41. The summed E-state index contributed by atoms with van der Waals surface area (Å²) < 4.78 is 27.3. The molecule has 0 amide bonds. The Bertz CT molecular complexity index is 678. The maximum absolute atomic E-state index is 12.3. The van der Waals surface area contributed by atoms with Crippen LogP contribution in [0.3, 0.4) is 0 Å². The number of rotatable bonds is 6. The number of thiophene rings is 1. The molecule has 2 N–H and O–H groups in total. The average molecular weight is 310 g/mol. The molecule has 1 heterocycles. The lowest BCUT2D eigenvalue weighted by Crippen LogP contribution is -2.23. The number of benzene rings is 1. The van der Waals surface area contributed by atoms with Crippen molar-refractivity contribution >= 4 is 27.0 Å². The van der Waals surface area contributed by atoms with Crippen molar-refractivity contribution in [1.82, 2.24) is 4.72 Å². The molecule has 0 unspecified atom stereocenters. The summed E-state index contributed by atoms with van der Waals surface area (Å²) in [6.45, 7) is 2.41. The summed E-state index contributed by atoms with van der Waals surface area (Å²) in [4.78, 5) is 2.55. The van der Waals surface area contributed by atoms with Crippen LogP contribution in [0, 0.1) is 0 Å². The highest BCUT2D eigenvalue weighted by molar-refractivity contribution is 7.89. The summed E-state index contributed by atoms with van der Waals surface area (Å²) in [6.07, 6.45) is 0.972. The van der Waals surface area contributed by atoms with E-state index in [9.17, 15) is 8.42 Å². The quantitative estimate of drug-likeness (QED) is 0.862. The Hall–Kier alpha value is -1.37. The highest BCUT2D eigenvalue weighted by atomic mass is 32.2. The van der Waals surface area contributed by atoms with Gasteiger partial charge in [0.05, 0.1) is 5.69 Å². The lowest BCUT2D eigenvalue weighted by molar-refractivity contribution is 0.582. The van der Waals surface area contributed by atoms with E-state index < -0.39 is 10.0 Å². The summed E-state index contributed by atoms with van der Waals surface area (Å²) >= 11 is 1.64. The fourth-order valence-electron chi connectivity index (χ4n) is 1.86. The predicted molar refractivity (Wildman–Crippen MR) is 83.7 cm³/mol. The van der Waals surface area contributed by atoms with E-state index >= 15 is 0 Å². The minimum Gasteiger partial charge on any atom is -0.387 e. The SMILES string of the molecule is CCc1ccc(CNS(=O)(=O)c2ccccc2NC)s1. The van der Waals surface area contributed by atoms with Crippen LogP contribution in [0.1, 0.15) is 16.7 Å². The molecule has 0 bridgehead atoms. The Morgan fingerprint density at radius 3 is 2.45 bits per heavy atom. The third-order valence-corrected chi connectivity index (χ3v) is 5.64. The molecule has 0 saturated heterocycles. The monoisotopic (exact) mass is 310 g/mol. The van der Waals surface area contributed by atoms with Crippen LogP contribution < -0.4 is 10.0 Å². The Balaban J connectivity index is 2.15. The maximum Gasteiger partial charge on any atom is 0.242 e. The minimum atomic E-state index is -3.50. The summed E-state index contributed by atoms with van der Waals surface area (Å²) in [5.41, 5.74) is 0.598. The van der Waals surface area contributed by atoms with Gasteiger partial charge in [0.2, 0.25) is 10.0 Å². The van der Waals surface area contributed by atoms with E-state index in [1.165, 1.54) is 4.88 Å². The zero-order chi connectivity index (χ0) is 14.6. The van der Waals surface area contributed by atoms with Gasteiger partial charge in [-0.15, -0.1) is 11.3 Å². The molecule has 0 atom stereocenters. The van der Waals surface area contributed by atoms with Gasteiger partial charge in [0.1, 0.15) is 4.90 Å². The molecule has 20 heavy (non-hydrogen) atoms. The number of nitrogens with one attached hydrogen (secondary N) is 2. The third kappa shape index (κ3) is 3.39. The molecule has 0 aliphatic carbocycles. The van der Waals surface area contributed by atoms with Crippen molar-refractivity contribution in [1.29, 1.82) is 0 Å². The molecule has 0 aliphatic rings. The summed E-state index contributed by atoms with van der Waals surface area (Å²) in [7, 11) is -1.80. The molecule has 2 aromatic rings. The van der Waals surface area contributed by atoms with Gasteiger partial charge in [0.15, 0.2) is 0 Å². The molecule has 6 heteroatoms. The van der Waals surface area contributed by atoms with Crippen LogP contribution in [0.4, 0.5) is 5.69 Å². The summed E-state index contributed by atoms with van der Waals surface area (Å²) in [6, 6.07) is 10.9. The van der Waals surface area contributed by atoms with Gasteiger partial charge in [0.25, 0.3) is 0 Å². The Morgan fingerprint density at radius 1 is 1.10 bits per heavy atom. The predicted octanol–water partition coefficient (Wildman–Crippen LogP) is 2.83. The molecule has 1 aromatic carbocycles. The van der Waals surface area contributed by atoms with Crippen molar-refractivity contribution in [2.45, 2.75) is 24.8 Å². The molecule has 0 radical (unpaired) electrons. The number of anilines is 1. The highest BCUT2D eigenvalue weighted by Crippen LogP contribution is 2.21. The van der Waals surface area contributed by atoms with Crippen LogP contribution >= 0.6 is 11.3 Å². The smallest absolute Gasteiger partial charge is 0.242 e. The number of sulfonamides is 1. The van der Waals surface area contributed by atoms with Crippen molar-refractivity contribution in [3.05, 3.63) is 46.2 Å². The van der Waals surface area contributed by atoms with Gasteiger partial charge < -0.3 is 5.32 Å². The Labute approximate surface area is 123 Å². The molecule has 0 fully saturated rings. The second-order valence-corrected chi connectivity index (χ2v) is 7.28. The topological polar surface area (TPSA) is 58.2 Å². The molecule has 108 valence electrons. The zero-order valence-electron chi connectivity index (χ0n) is 11.5. The maximum atomic E-state index is 12.3. The van der Waals surface area contributed by atoms with Crippen molar-refractivity contribution in [2.24, 2.45) is 0 Å². The normalized spacial score (nSPS) is 11.5. The van der Waals surface area contributed by atoms with E-state index in [4.69, 9.17) is 0 Å². The molecule has 1 aromatic heterocycles. The van der Waals surface area contributed by atoms with E-state index in [1.807, 2.05) is 12.1 Å².